The van der Waals surface area contributed by atoms with Crippen LogP contribution in [0.15, 0.2) is 36.8 Å². The van der Waals surface area contributed by atoms with E-state index in [9.17, 15) is 0 Å². The third-order valence-corrected chi connectivity index (χ3v) is 10.3. The van der Waals surface area contributed by atoms with E-state index < -0.39 is 26.9 Å². The van der Waals surface area contributed by atoms with Gasteiger partial charge in [-0.15, -0.1) is 19.7 Å². The third-order valence-electron chi connectivity index (χ3n) is 1.64. The first-order chi connectivity index (χ1) is 8.45. The molecule has 6 radical (unpaired) electrons. The van der Waals surface area contributed by atoms with Crippen molar-refractivity contribution in [1.82, 2.24) is 0 Å². The van der Waals surface area contributed by atoms with Crippen LogP contribution in [0.5, 0.6) is 0 Å². The zero-order chi connectivity index (χ0) is 14.0. The highest BCUT2D eigenvalue weighted by molar-refractivity contribution is 6.83. The van der Waals surface area contributed by atoms with Gasteiger partial charge >= 0.3 is 28.6 Å². The van der Waals surface area contributed by atoms with E-state index in [1.54, 1.807) is 11.4 Å². The molecule has 0 bridgehead atoms. The number of rotatable bonds is 11. The van der Waals surface area contributed by atoms with E-state index in [2.05, 4.69) is 32.8 Å². The molecule has 4 nitrogen and oxygen atoms in total. The van der Waals surface area contributed by atoms with Crippen LogP contribution in [-0.4, -0.2) is 46.7 Å². The summed E-state index contributed by atoms with van der Waals surface area (Å²) < 4.78 is 22.3. The molecule has 0 aromatic rings. The van der Waals surface area contributed by atoms with Crippen molar-refractivity contribution >= 4 is 46.7 Å². The lowest BCUT2D eigenvalue weighted by Crippen LogP contribution is -2.40. The highest BCUT2D eigenvalue weighted by atomic mass is 28.4. The van der Waals surface area contributed by atoms with Gasteiger partial charge < -0.3 is 16.5 Å². The molecule has 0 aliphatic heterocycles. The fraction of sp³-hybridized carbons (Fsp3) is 0.333. The van der Waals surface area contributed by atoms with E-state index in [4.69, 9.17) is 16.5 Å². The summed E-state index contributed by atoms with van der Waals surface area (Å²) in [6, 6.07) is 0. The second-order valence-corrected chi connectivity index (χ2v) is 13.4. The molecule has 0 heterocycles. The predicted octanol–water partition coefficient (Wildman–Crippen LogP) is 1.61. The molecule has 9 heteroatoms. The zero-order valence-electron chi connectivity index (χ0n) is 11.0. The van der Waals surface area contributed by atoms with Crippen molar-refractivity contribution in [2.75, 3.05) is 0 Å². The maximum Gasteiger partial charge on any atom is 0.411 e. The Morgan fingerprint density at radius 2 is 1.89 bits per heavy atom. The Morgan fingerprint density at radius 1 is 1.22 bits per heavy atom. The summed E-state index contributed by atoms with van der Waals surface area (Å²) in [5.41, 5.74) is 5.32. The van der Waals surface area contributed by atoms with Crippen LogP contribution < -0.4 is 0 Å². The van der Waals surface area contributed by atoms with Crippen molar-refractivity contribution in [1.29, 1.82) is 0 Å². The van der Waals surface area contributed by atoms with Gasteiger partial charge in [-0.3, -0.25) is 0 Å². The smallest absolute Gasteiger partial charge is 0.411 e. The highest BCUT2D eigenvalue weighted by Gasteiger charge is 2.27. The summed E-state index contributed by atoms with van der Waals surface area (Å²) >= 11 is 0. The van der Waals surface area contributed by atoms with Gasteiger partial charge in [-0.1, -0.05) is 11.4 Å². The van der Waals surface area contributed by atoms with Crippen LogP contribution in [0.2, 0.25) is 19.6 Å². The molecule has 0 atom stereocenters. The summed E-state index contributed by atoms with van der Waals surface area (Å²) in [5, 5.41) is 0. The Morgan fingerprint density at radius 3 is 2.39 bits per heavy atom. The van der Waals surface area contributed by atoms with Crippen molar-refractivity contribution in [2.24, 2.45) is 0 Å². The average Bonchev–Trinajstić information content (AvgIpc) is 2.33. The van der Waals surface area contributed by atoms with E-state index in [0.29, 0.717) is 0 Å². The molecule has 0 saturated heterocycles. The monoisotopic (exact) mass is 330 g/mol. The molecule has 0 aliphatic rings. The van der Waals surface area contributed by atoms with Gasteiger partial charge in [0.1, 0.15) is 0 Å². The maximum absolute atomic E-state index is 5.91. The first-order valence-corrected chi connectivity index (χ1v) is 13.2. The van der Waals surface area contributed by atoms with Crippen LogP contribution in [0.3, 0.4) is 0 Å². The molecule has 0 N–H and O–H groups in total. The molecule has 0 aliphatic carbocycles. The topological polar surface area (TPSA) is 36.9 Å². The molecular weight excluding hydrogens is 313 g/mol. The highest BCUT2D eigenvalue weighted by Crippen LogP contribution is 2.09. The van der Waals surface area contributed by atoms with Crippen molar-refractivity contribution in [2.45, 2.75) is 19.6 Å². The van der Waals surface area contributed by atoms with E-state index in [0.717, 1.165) is 0 Å². The van der Waals surface area contributed by atoms with Gasteiger partial charge in [0, 0.05) is 0 Å². The molecule has 0 unspecified atom stereocenters. The Labute approximate surface area is 120 Å². The second-order valence-electron chi connectivity index (χ2n) is 3.64. The van der Waals surface area contributed by atoms with E-state index in [1.807, 2.05) is 12.2 Å². The van der Waals surface area contributed by atoms with Crippen molar-refractivity contribution in [3.05, 3.63) is 36.8 Å². The van der Waals surface area contributed by atoms with Gasteiger partial charge in [-0.05, 0) is 25.3 Å². The number of hydrogen-bond donors (Lipinski definition) is 0. The molecule has 0 amide bonds. The molecule has 98 valence electrons. The number of hydrogen-bond acceptors (Lipinski definition) is 4. The van der Waals surface area contributed by atoms with Crippen LogP contribution >= 0.6 is 0 Å². The second kappa shape index (κ2) is 9.99. The quantitative estimate of drug-likeness (QED) is 0.426. The average molecular weight is 331 g/mol. The minimum Gasteiger partial charge on any atom is -0.431 e. The fourth-order valence-corrected chi connectivity index (χ4v) is 7.54. The van der Waals surface area contributed by atoms with Crippen molar-refractivity contribution in [3.63, 3.8) is 0 Å². The summed E-state index contributed by atoms with van der Waals surface area (Å²) in [4.78, 5) is 0. The molecule has 0 aromatic heterocycles. The fourth-order valence-electron chi connectivity index (χ4n) is 0.713. The van der Waals surface area contributed by atoms with Gasteiger partial charge in [0.05, 0.1) is 0 Å². The lowest BCUT2D eigenvalue weighted by atomic mass is 11.3. The van der Waals surface area contributed by atoms with Crippen LogP contribution in [0.4, 0.5) is 0 Å². The summed E-state index contributed by atoms with van der Waals surface area (Å²) in [5.74, 6) is 0. The first-order valence-electron chi connectivity index (χ1n) is 5.22. The Balaban J connectivity index is 4.00. The van der Waals surface area contributed by atoms with E-state index in [1.165, 1.54) is 0 Å². The molecule has 0 aromatic carbocycles. The van der Waals surface area contributed by atoms with Crippen LogP contribution in [0.25, 0.3) is 0 Å². The lowest BCUT2D eigenvalue weighted by molar-refractivity contribution is 0.369. The standard InChI is InChI=1S/C9H18O4Si5/c1-7-14-10-15-11-16(4)12-17(8-2)13-18(5,6)9-3/h7-9H,1-3H2,4-6H3. The maximum atomic E-state index is 5.91. The minimum atomic E-state index is -1.84. The summed E-state index contributed by atoms with van der Waals surface area (Å²) in [6.45, 7) is 17.1. The van der Waals surface area contributed by atoms with Gasteiger partial charge in [-0.2, -0.15) is 0 Å². The molecular formula is C9H18O4Si5. The molecule has 0 saturated carbocycles. The molecule has 0 rings (SSSR count). The first kappa shape index (κ1) is 18.1. The Hall–Kier alpha value is 0.144. The zero-order valence-corrected chi connectivity index (χ0v) is 16.0. The van der Waals surface area contributed by atoms with Gasteiger partial charge in [0.2, 0.25) is 9.76 Å². The van der Waals surface area contributed by atoms with Crippen molar-refractivity contribution in [3.8, 4) is 0 Å². The SMILES string of the molecule is C=C[Si]O[Si]O[Si](C)O[Si](C=C)O[Si](C)(C)C=C. The van der Waals surface area contributed by atoms with E-state index in [-0.39, 0.29) is 19.8 Å². The van der Waals surface area contributed by atoms with Crippen LogP contribution in [-0.2, 0) is 16.5 Å². The van der Waals surface area contributed by atoms with Crippen LogP contribution in [0, 0.1) is 0 Å². The minimum absolute atomic E-state index is 0.0123. The molecule has 0 spiro atoms. The van der Waals surface area contributed by atoms with Crippen molar-refractivity contribution < 1.29 is 16.5 Å². The predicted molar refractivity (Wildman–Crippen MR) is 81.3 cm³/mol. The Bertz CT molecular complexity index is 274. The van der Waals surface area contributed by atoms with E-state index >= 15 is 0 Å². The molecule has 0 fully saturated rings. The third kappa shape index (κ3) is 9.12. The van der Waals surface area contributed by atoms with Gasteiger partial charge in [-0.25, -0.2) is 0 Å². The van der Waals surface area contributed by atoms with Gasteiger partial charge in [0.25, 0.3) is 0 Å². The normalized spacial score (nSPS) is 11.8. The largest absolute Gasteiger partial charge is 0.431 e. The summed E-state index contributed by atoms with van der Waals surface area (Å²) in [6.07, 6.45) is 0. The lowest BCUT2D eigenvalue weighted by Gasteiger charge is -2.24. The summed E-state index contributed by atoms with van der Waals surface area (Å²) in [7, 11) is -4.44. The Kier molecular flexibility index (Phi) is 10.1. The van der Waals surface area contributed by atoms with Gasteiger partial charge in [0.15, 0.2) is 8.32 Å². The van der Waals surface area contributed by atoms with Crippen LogP contribution in [0.1, 0.15) is 0 Å². The molecule has 18 heavy (non-hydrogen) atoms.